The number of nitrogens with zero attached hydrogens (tertiary/aromatic N) is 1. The van der Waals surface area contributed by atoms with Crippen LogP contribution in [0.25, 0.3) is 0 Å². The number of para-hydroxylation sites is 1. The monoisotopic (exact) mass is 481 g/mol. The Kier molecular flexibility index (Phi) is 7.10. The quantitative estimate of drug-likeness (QED) is 0.370. The van der Waals surface area contributed by atoms with E-state index in [1.165, 1.54) is 6.21 Å². The second kappa shape index (κ2) is 10.4. The summed E-state index contributed by atoms with van der Waals surface area (Å²) in [5.74, 6) is -0.819. The second-order valence-electron chi connectivity index (χ2n) is 9.43. The number of benzene rings is 3. The third-order valence-electron chi connectivity index (χ3n) is 5.80. The Hall–Kier alpha value is -4.52. The Morgan fingerprint density at radius 2 is 1.61 bits per heavy atom. The van der Waals surface area contributed by atoms with Crippen molar-refractivity contribution in [3.8, 4) is 0 Å². The molecule has 1 aliphatic carbocycles. The van der Waals surface area contributed by atoms with Crippen LogP contribution >= 0.6 is 0 Å². The summed E-state index contributed by atoms with van der Waals surface area (Å²) < 4.78 is 0. The fourth-order valence-electron chi connectivity index (χ4n) is 4.02. The van der Waals surface area contributed by atoms with E-state index in [2.05, 4.69) is 15.6 Å². The highest BCUT2D eigenvalue weighted by Gasteiger charge is 2.32. The Balaban J connectivity index is 1.49. The Labute approximate surface area is 209 Å². The van der Waals surface area contributed by atoms with Crippen molar-refractivity contribution in [2.24, 2.45) is 10.4 Å². The first-order valence-electron chi connectivity index (χ1n) is 11.6. The number of rotatable bonds is 6. The van der Waals surface area contributed by atoms with Crippen molar-refractivity contribution < 1.29 is 19.5 Å². The van der Waals surface area contributed by atoms with E-state index in [0.29, 0.717) is 41.0 Å². The van der Waals surface area contributed by atoms with Crippen LogP contribution in [0.3, 0.4) is 0 Å². The van der Waals surface area contributed by atoms with Gasteiger partial charge in [-0.1, -0.05) is 50.2 Å². The molecule has 0 aromatic heterocycles. The number of amides is 2. The average molecular weight is 482 g/mol. The molecule has 0 atom stereocenters. The number of hydrogen-bond acceptors (Lipinski definition) is 5. The number of ketones is 1. The standard InChI is InChI=1S/C29H27N3O4/c1-29(2)16-25(33)23(26(34)17-29)18-30-20-11-8-12-21(15-20)31-28(36)22-13-6-7-14-24(22)32-27(35)19-9-4-3-5-10-19/h3-15,18,33H,16-17H2,1-2H3,(H,31,36)(H,32,35). The zero-order chi connectivity index (χ0) is 25.7. The molecule has 3 aromatic rings. The van der Waals surface area contributed by atoms with E-state index < -0.39 is 5.91 Å². The van der Waals surface area contributed by atoms with E-state index in [-0.39, 0.29) is 28.4 Å². The van der Waals surface area contributed by atoms with Gasteiger partial charge in [-0.25, -0.2) is 0 Å². The van der Waals surface area contributed by atoms with Crippen molar-refractivity contribution in [1.82, 2.24) is 0 Å². The third-order valence-corrected chi connectivity index (χ3v) is 5.80. The van der Waals surface area contributed by atoms with E-state index in [1.54, 1.807) is 72.8 Å². The van der Waals surface area contributed by atoms with Gasteiger partial charge in [0.25, 0.3) is 11.8 Å². The summed E-state index contributed by atoms with van der Waals surface area (Å²) in [4.78, 5) is 42.4. The molecule has 182 valence electrons. The number of carbonyl (C=O) groups excluding carboxylic acids is 3. The van der Waals surface area contributed by atoms with Crippen LogP contribution in [0.1, 0.15) is 47.4 Å². The van der Waals surface area contributed by atoms with Crippen molar-refractivity contribution in [3.05, 3.63) is 101 Å². The average Bonchev–Trinajstić information content (AvgIpc) is 2.84. The van der Waals surface area contributed by atoms with Gasteiger partial charge >= 0.3 is 0 Å². The highest BCUT2D eigenvalue weighted by Crippen LogP contribution is 2.35. The maximum atomic E-state index is 13.0. The van der Waals surface area contributed by atoms with Crippen LogP contribution in [0.5, 0.6) is 0 Å². The molecule has 36 heavy (non-hydrogen) atoms. The predicted molar refractivity (Wildman–Crippen MR) is 141 cm³/mol. The zero-order valence-corrected chi connectivity index (χ0v) is 20.1. The van der Waals surface area contributed by atoms with Crippen molar-refractivity contribution in [2.45, 2.75) is 26.7 Å². The van der Waals surface area contributed by atoms with E-state index in [9.17, 15) is 19.5 Å². The number of aliphatic hydroxyl groups is 1. The lowest BCUT2D eigenvalue weighted by molar-refractivity contribution is -0.117. The molecule has 0 fully saturated rings. The van der Waals surface area contributed by atoms with E-state index >= 15 is 0 Å². The molecule has 7 heteroatoms. The van der Waals surface area contributed by atoms with Gasteiger partial charge in [0.05, 0.1) is 22.5 Å². The topological polar surface area (TPSA) is 108 Å². The molecule has 0 radical (unpaired) electrons. The summed E-state index contributed by atoms with van der Waals surface area (Å²) >= 11 is 0. The molecular formula is C29H27N3O4. The Morgan fingerprint density at radius 3 is 2.36 bits per heavy atom. The first-order chi connectivity index (χ1) is 17.2. The SMILES string of the molecule is CC1(C)CC(=O)C(C=Nc2cccc(NC(=O)c3ccccc3NC(=O)c3ccccc3)c2)=C(O)C1. The summed E-state index contributed by atoms with van der Waals surface area (Å²) in [7, 11) is 0. The molecule has 2 amide bonds. The fourth-order valence-corrected chi connectivity index (χ4v) is 4.02. The first-order valence-corrected chi connectivity index (χ1v) is 11.6. The van der Waals surface area contributed by atoms with E-state index in [1.807, 2.05) is 19.9 Å². The van der Waals surface area contributed by atoms with E-state index in [4.69, 9.17) is 0 Å². The number of allylic oxidation sites excluding steroid dienone is 2. The molecule has 0 bridgehead atoms. The number of hydrogen-bond donors (Lipinski definition) is 3. The molecule has 3 aromatic carbocycles. The van der Waals surface area contributed by atoms with Crippen LogP contribution < -0.4 is 10.6 Å². The summed E-state index contributed by atoms with van der Waals surface area (Å²) in [6, 6.07) is 22.3. The number of anilines is 2. The number of Topliss-reactive ketones (excluding diaryl/α,β-unsaturated/α-hetero) is 1. The molecule has 4 rings (SSSR count). The molecule has 7 nitrogen and oxygen atoms in total. The summed E-state index contributed by atoms with van der Waals surface area (Å²) in [6.07, 6.45) is 2.13. The van der Waals surface area contributed by atoms with Crippen LogP contribution in [-0.2, 0) is 4.79 Å². The number of nitrogens with one attached hydrogen (secondary N) is 2. The van der Waals surface area contributed by atoms with Gasteiger partial charge in [-0.15, -0.1) is 0 Å². The molecule has 1 aliphatic rings. The minimum atomic E-state index is -0.398. The highest BCUT2D eigenvalue weighted by molar-refractivity contribution is 6.15. The predicted octanol–water partition coefficient (Wildman–Crippen LogP) is 6.09. The van der Waals surface area contributed by atoms with Gasteiger partial charge in [0.15, 0.2) is 5.78 Å². The summed E-state index contributed by atoms with van der Waals surface area (Å²) in [5, 5.41) is 15.9. The fraction of sp³-hybridized carbons (Fsp3) is 0.172. The van der Waals surface area contributed by atoms with Gasteiger partial charge in [-0.3, -0.25) is 19.4 Å². The number of aliphatic imine (C=N–C) groups is 1. The molecule has 0 unspecified atom stereocenters. The maximum absolute atomic E-state index is 13.0. The molecular weight excluding hydrogens is 454 g/mol. The normalized spacial score (nSPS) is 15.1. The number of carbonyl (C=O) groups is 3. The smallest absolute Gasteiger partial charge is 0.257 e. The van der Waals surface area contributed by atoms with E-state index in [0.717, 1.165) is 0 Å². The minimum absolute atomic E-state index is 0.0404. The zero-order valence-electron chi connectivity index (χ0n) is 20.1. The molecule has 0 spiro atoms. The van der Waals surface area contributed by atoms with Crippen LogP contribution in [0, 0.1) is 5.41 Å². The van der Waals surface area contributed by atoms with Crippen LogP contribution in [0.4, 0.5) is 17.1 Å². The van der Waals surface area contributed by atoms with Crippen molar-refractivity contribution in [2.75, 3.05) is 10.6 Å². The van der Waals surface area contributed by atoms with Crippen LogP contribution in [0.15, 0.2) is 95.2 Å². The first kappa shape index (κ1) is 24.6. The van der Waals surface area contributed by atoms with Gasteiger partial charge in [0.1, 0.15) is 5.76 Å². The lowest BCUT2D eigenvalue weighted by Crippen LogP contribution is -2.26. The highest BCUT2D eigenvalue weighted by atomic mass is 16.3. The Bertz CT molecular complexity index is 1370. The lowest BCUT2D eigenvalue weighted by atomic mass is 9.77. The number of aliphatic hydroxyl groups excluding tert-OH is 1. The molecule has 0 saturated heterocycles. The van der Waals surface area contributed by atoms with Gasteiger partial charge in [-0.05, 0) is 47.9 Å². The minimum Gasteiger partial charge on any atom is -0.511 e. The largest absolute Gasteiger partial charge is 0.511 e. The van der Waals surface area contributed by atoms with Crippen molar-refractivity contribution in [3.63, 3.8) is 0 Å². The summed E-state index contributed by atoms with van der Waals surface area (Å²) in [5.41, 5.74) is 2.12. The second-order valence-corrected chi connectivity index (χ2v) is 9.43. The lowest BCUT2D eigenvalue weighted by Gasteiger charge is -2.28. The van der Waals surface area contributed by atoms with Gasteiger partial charge in [-0.2, -0.15) is 0 Å². The van der Waals surface area contributed by atoms with Gasteiger partial charge in [0, 0.05) is 30.3 Å². The van der Waals surface area contributed by atoms with Crippen molar-refractivity contribution in [1.29, 1.82) is 0 Å². The van der Waals surface area contributed by atoms with Gasteiger partial charge < -0.3 is 15.7 Å². The molecule has 0 aliphatic heterocycles. The maximum Gasteiger partial charge on any atom is 0.257 e. The third kappa shape index (κ3) is 5.93. The molecule has 3 N–H and O–H groups in total. The summed E-state index contributed by atoms with van der Waals surface area (Å²) in [6.45, 7) is 3.87. The van der Waals surface area contributed by atoms with Crippen molar-refractivity contribution >= 4 is 40.9 Å². The molecule has 0 saturated carbocycles. The van der Waals surface area contributed by atoms with Gasteiger partial charge in [0.2, 0.25) is 0 Å². The van der Waals surface area contributed by atoms with Crippen LogP contribution in [0.2, 0.25) is 0 Å². The Morgan fingerprint density at radius 1 is 0.889 bits per heavy atom. The van der Waals surface area contributed by atoms with Crippen LogP contribution in [-0.4, -0.2) is 28.9 Å². The molecule has 0 heterocycles.